The van der Waals surface area contributed by atoms with Crippen LogP contribution in [-0.4, -0.2) is 25.1 Å². The monoisotopic (exact) mass is 221 g/mol. The van der Waals surface area contributed by atoms with Gasteiger partial charge in [-0.05, 0) is 31.5 Å². The van der Waals surface area contributed by atoms with Crippen molar-refractivity contribution in [3.63, 3.8) is 0 Å². The van der Waals surface area contributed by atoms with Gasteiger partial charge >= 0.3 is 0 Å². The summed E-state index contributed by atoms with van der Waals surface area (Å²) in [4.78, 5) is 6.83. The van der Waals surface area contributed by atoms with Gasteiger partial charge in [-0.1, -0.05) is 19.9 Å². The lowest BCUT2D eigenvalue weighted by atomic mass is 10.2. The molecule has 0 saturated carbocycles. The zero-order chi connectivity index (χ0) is 12.0. The van der Waals surface area contributed by atoms with Gasteiger partial charge in [-0.2, -0.15) is 0 Å². The molecule has 0 amide bonds. The van der Waals surface area contributed by atoms with E-state index in [0.29, 0.717) is 0 Å². The molecule has 90 valence electrons. The molecule has 0 unspecified atom stereocenters. The van der Waals surface area contributed by atoms with Crippen molar-refractivity contribution in [1.29, 1.82) is 0 Å². The van der Waals surface area contributed by atoms with Crippen LogP contribution in [0.15, 0.2) is 12.1 Å². The molecule has 1 aromatic heterocycles. The van der Waals surface area contributed by atoms with E-state index in [2.05, 4.69) is 55.2 Å². The topological polar surface area (TPSA) is 28.2 Å². The summed E-state index contributed by atoms with van der Waals surface area (Å²) in [6.45, 7) is 9.34. The highest BCUT2D eigenvalue weighted by Gasteiger charge is 2.04. The number of nitrogens with zero attached hydrogens (tertiary/aromatic N) is 2. The van der Waals surface area contributed by atoms with Crippen molar-refractivity contribution in [2.24, 2.45) is 0 Å². The first-order chi connectivity index (χ1) is 7.69. The van der Waals surface area contributed by atoms with Crippen LogP contribution in [0, 0.1) is 6.92 Å². The van der Waals surface area contributed by atoms with E-state index in [1.807, 2.05) is 0 Å². The van der Waals surface area contributed by atoms with Crippen LogP contribution in [0.3, 0.4) is 0 Å². The number of hydrogen-bond acceptors (Lipinski definition) is 3. The fourth-order valence-electron chi connectivity index (χ4n) is 1.69. The van der Waals surface area contributed by atoms with Crippen LogP contribution >= 0.6 is 0 Å². The summed E-state index contributed by atoms with van der Waals surface area (Å²) in [7, 11) is 2.09. The third kappa shape index (κ3) is 3.49. The van der Waals surface area contributed by atoms with E-state index in [0.717, 1.165) is 37.6 Å². The molecule has 0 fully saturated rings. The SMILES string of the molecule is CCCN(C)c1ccc(CNCC)c(C)n1. The molecule has 3 nitrogen and oxygen atoms in total. The Labute approximate surface area is 98.9 Å². The second kappa shape index (κ2) is 6.48. The molecule has 0 spiro atoms. The number of rotatable bonds is 6. The molecule has 1 heterocycles. The Morgan fingerprint density at radius 1 is 1.31 bits per heavy atom. The number of hydrogen-bond donors (Lipinski definition) is 1. The summed E-state index contributed by atoms with van der Waals surface area (Å²) in [5.74, 6) is 1.07. The van der Waals surface area contributed by atoms with Gasteiger partial charge in [0, 0.05) is 25.8 Å². The summed E-state index contributed by atoms with van der Waals surface area (Å²) >= 11 is 0. The van der Waals surface area contributed by atoms with E-state index in [1.54, 1.807) is 0 Å². The molecule has 0 aliphatic heterocycles. The highest BCUT2D eigenvalue weighted by Crippen LogP contribution is 2.13. The standard InChI is InChI=1S/C13H23N3/c1-5-9-16(4)13-8-7-12(10-14-6-2)11(3)15-13/h7-8,14H,5-6,9-10H2,1-4H3. The van der Waals surface area contributed by atoms with Crippen molar-refractivity contribution >= 4 is 5.82 Å². The van der Waals surface area contributed by atoms with Crippen LogP contribution in [0.4, 0.5) is 5.82 Å². The smallest absolute Gasteiger partial charge is 0.128 e. The van der Waals surface area contributed by atoms with Crippen molar-refractivity contribution in [3.8, 4) is 0 Å². The Morgan fingerprint density at radius 2 is 2.06 bits per heavy atom. The molecular weight excluding hydrogens is 198 g/mol. The predicted octanol–water partition coefficient (Wildman–Crippen LogP) is 2.35. The molecule has 0 saturated heterocycles. The fraction of sp³-hybridized carbons (Fsp3) is 0.615. The van der Waals surface area contributed by atoms with Gasteiger partial charge in [0.05, 0.1) is 0 Å². The minimum atomic E-state index is 0.910. The fourth-order valence-corrected chi connectivity index (χ4v) is 1.69. The van der Waals surface area contributed by atoms with Crippen molar-refractivity contribution in [1.82, 2.24) is 10.3 Å². The molecule has 0 atom stereocenters. The van der Waals surface area contributed by atoms with Gasteiger partial charge in [-0.25, -0.2) is 4.98 Å². The summed E-state index contributed by atoms with van der Waals surface area (Å²) < 4.78 is 0. The zero-order valence-electron chi connectivity index (χ0n) is 10.9. The van der Waals surface area contributed by atoms with Gasteiger partial charge in [0.1, 0.15) is 5.82 Å². The molecule has 0 aliphatic rings. The Bertz CT molecular complexity index is 323. The van der Waals surface area contributed by atoms with Gasteiger partial charge < -0.3 is 10.2 Å². The Balaban J connectivity index is 2.73. The van der Waals surface area contributed by atoms with E-state index >= 15 is 0 Å². The van der Waals surface area contributed by atoms with E-state index in [1.165, 1.54) is 5.56 Å². The Kier molecular flexibility index (Phi) is 5.26. The first-order valence-electron chi connectivity index (χ1n) is 6.07. The average molecular weight is 221 g/mol. The lowest BCUT2D eigenvalue weighted by Gasteiger charge is -2.18. The molecule has 16 heavy (non-hydrogen) atoms. The predicted molar refractivity (Wildman–Crippen MR) is 69.9 cm³/mol. The highest BCUT2D eigenvalue weighted by molar-refractivity contribution is 5.40. The molecule has 1 aromatic rings. The van der Waals surface area contributed by atoms with Gasteiger partial charge in [-0.15, -0.1) is 0 Å². The van der Waals surface area contributed by atoms with Gasteiger partial charge in [0.2, 0.25) is 0 Å². The first-order valence-corrected chi connectivity index (χ1v) is 6.07. The minimum absolute atomic E-state index is 0.910. The Morgan fingerprint density at radius 3 is 2.62 bits per heavy atom. The molecule has 0 aromatic carbocycles. The maximum Gasteiger partial charge on any atom is 0.128 e. The second-order valence-corrected chi connectivity index (χ2v) is 4.12. The van der Waals surface area contributed by atoms with Crippen LogP contribution in [0.25, 0.3) is 0 Å². The lowest BCUT2D eigenvalue weighted by Crippen LogP contribution is -2.20. The third-order valence-electron chi connectivity index (χ3n) is 2.70. The third-order valence-corrected chi connectivity index (χ3v) is 2.70. The van der Waals surface area contributed by atoms with Crippen LogP contribution in [0.2, 0.25) is 0 Å². The lowest BCUT2D eigenvalue weighted by molar-refractivity contribution is 0.718. The Hall–Kier alpha value is -1.09. The van der Waals surface area contributed by atoms with Crippen LogP contribution in [0.1, 0.15) is 31.5 Å². The molecule has 1 rings (SSSR count). The number of anilines is 1. The van der Waals surface area contributed by atoms with Crippen molar-refractivity contribution in [2.75, 3.05) is 25.0 Å². The quantitative estimate of drug-likeness (QED) is 0.799. The highest BCUT2D eigenvalue weighted by atomic mass is 15.2. The largest absolute Gasteiger partial charge is 0.360 e. The van der Waals surface area contributed by atoms with E-state index in [-0.39, 0.29) is 0 Å². The van der Waals surface area contributed by atoms with Gasteiger partial charge in [0.25, 0.3) is 0 Å². The molecule has 3 heteroatoms. The van der Waals surface area contributed by atoms with E-state index < -0.39 is 0 Å². The molecular formula is C13H23N3. The molecule has 0 aliphatic carbocycles. The van der Waals surface area contributed by atoms with Gasteiger partial charge in [-0.3, -0.25) is 0 Å². The van der Waals surface area contributed by atoms with Crippen molar-refractivity contribution < 1.29 is 0 Å². The minimum Gasteiger partial charge on any atom is -0.360 e. The van der Waals surface area contributed by atoms with Gasteiger partial charge in [0.15, 0.2) is 0 Å². The zero-order valence-corrected chi connectivity index (χ0v) is 10.9. The number of nitrogens with one attached hydrogen (secondary N) is 1. The maximum absolute atomic E-state index is 4.63. The maximum atomic E-state index is 4.63. The number of aromatic nitrogens is 1. The summed E-state index contributed by atoms with van der Waals surface area (Å²) in [6.07, 6.45) is 1.15. The number of aryl methyl sites for hydroxylation is 1. The summed E-state index contributed by atoms with van der Waals surface area (Å²) in [5.41, 5.74) is 2.41. The average Bonchev–Trinajstić information content (AvgIpc) is 2.27. The number of pyridine rings is 1. The van der Waals surface area contributed by atoms with E-state index in [4.69, 9.17) is 0 Å². The van der Waals surface area contributed by atoms with Crippen LogP contribution in [-0.2, 0) is 6.54 Å². The molecule has 0 bridgehead atoms. The summed E-state index contributed by atoms with van der Waals surface area (Å²) in [6, 6.07) is 4.28. The second-order valence-electron chi connectivity index (χ2n) is 4.12. The van der Waals surface area contributed by atoms with Crippen molar-refractivity contribution in [3.05, 3.63) is 23.4 Å². The molecule has 1 N–H and O–H groups in total. The molecule has 0 radical (unpaired) electrons. The normalized spacial score (nSPS) is 10.5. The van der Waals surface area contributed by atoms with E-state index in [9.17, 15) is 0 Å². The van der Waals surface area contributed by atoms with Crippen LogP contribution < -0.4 is 10.2 Å². The van der Waals surface area contributed by atoms with Crippen LogP contribution in [0.5, 0.6) is 0 Å². The summed E-state index contributed by atoms with van der Waals surface area (Å²) in [5, 5.41) is 3.33. The van der Waals surface area contributed by atoms with Crippen molar-refractivity contribution in [2.45, 2.75) is 33.7 Å². The first kappa shape index (κ1) is 13.0.